The third-order valence-corrected chi connectivity index (χ3v) is 4.96. The second kappa shape index (κ2) is 8.59. The van der Waals surface area contributed by atoms with Crippen LogP contribution in [0.25, 0.3) is 6.08 Å². The molecule has 0 aromatic heterocycles. The molecule has 1 heterocycles. The monoisotopic (exact) mass is 391 g/mol. The summed E-state index contributed by atoms with van der Waals surface area (Å²) >= 11 is 0.823. The highest BCUT2D eigenvalue weighted by Gasteiger charge is 2.36. The zero-order chi connectivity index (χ0) is 20.1. The zero-order valence-electron chi connectivity index (χ0n) is 15.2. The first-order valence-electron chi connectivity index (χ1n) is 8.49. The summed E-state index contributed by atoms with van der Waals surface area (Å²) in [5.74, 6) is 2.25. The molecule has 0 radical (unpaired) electrons. The molecule has 1 saturated heterocycles. The number of ether oxygens (including phenoxy) is 1. The number of amides is 2. The van der Waals surface area contributed by atoms with Gasteiger partial charge in [0.1, 0.15) is 12.4 Å². The molecular weight excluding hydrogens is 374 g/mol. The number of hydrogen-bond donors (Lipinski definition) is 0. The molecular formula is C22H17NO4S. The Bertz CT molecular complexity index is 985. The Hall–Kier alpha value is -3.30. The van der Waals surface area contributed by atoms with Crippen molar-refractivity contribution < 1.29 is 19.1 Å². The number of imide groups is 1. The molecule has 3 rings (SSSR count). The molecule has 0 N–H and O–H groups in total. The fraction of sp³-hybridized carbons (Fsp3) is 0.136. The number of carbonyl (C=O) groups excluding carboxylic acids is 3. The highest BCUT2D eigenvalue weighted by atomic mass is 32.2. The minimum absolute atomic E-state index is 0.174. The molecule has 0 saturated carbocycles. The van der Waals surface area contributed by atoms with Gasteiger partial charge < -0.3 is 4.74 Å². The van der Waals surface area contributed by atoms with Gasteiger partial charge in [0.25, 0.3) is 11.1 Å². The molecule has 2 amide bonds. The molecule has 1 fully saturated rings. The SMILES string of the molecule is C#CCOc1ccc(C=C2SC(=O)N(CC(=O)c3ccc(C)cc3)C2=O)cc1. The molecule has 0 bridgehead atoms. The Morgan fingerprint density at radius 3 is 2.46 bits per heavy atom. The van der Waals surface area contributed by atoms with Gasteiger partial charge in [0, 0.05) is 5.56 Å². The number of Topliss-reactive ketones (excluding diaryl/α,β-unsaturated/α-hetero) is 1. The van der Waals surface area contributed by atoms with Crippen LogP contribution in [0, 0.1) is 19.3 Å². The van der Waals surface area contributed by atoms with Gasteiger partial charge in [0.2, 0.25) is 0 Å². The number of ketones is 1. The third kappa shape index (κ3) is 4.51. The molecule has 6 heteroatoms. The van der Waals surface area contributed by atoms with Crippen LogP contribution in [0.1, 0.15) is 21.5 Å². The summed E-state index contributed by atoms with van der Waals surface area (Å²) in [4.78, 5) is 38.4. The number of hydrogen-bond acceptors (Lipinski definition) is 5. The highest BCUT2D eigenvalue weighted by Crippen LogP contribution is 2.32. The number of terminal acetylenes is 1. The molecule has 2 aromatic carbocycles. The number of nitrogens with zero attached hydrogens (tertiary/aromatic N) is 1. The van der Waals surface area contributed by atoms with Crippen LogP contribution in [0.15, 0.2) is 53.4 Å². The molecule has 140 valence electrons. The van der Waals surface area contributed by atoms with Crippen molar-refractivity contribution in [3.05, 3.63) is 70.1 Å². The average molecular weight is 391 g/mol. The lowest BCUT2D eigenvalue weighted by Gasteiger charge is -2.11. The zero-order valence-corrected chi connectivity index (χ0v) is 16.0. The van der Waals surface area contributed by atoms with Gasteiger partial charge in [-0.1, -0.05) is 47.9 Å². The first-order valence-corrected chi connectivity index (χ1v) is 9.31. The lowest BCUT2D eigenvalue weighted by molar-refractivity contribution is -0.122. The molecule has 0 spiro atoms. The predicted molar refractivity (Wildman–Crippen MR) is 109 cm³/mol. The number of aryl methyl sites for hydroxylation is 1. The van der Waals surface area contributed by atoms with E-state index in [2.05, 4.69) is 5.92 Å². The molecule has 5 nitrogen and oxygen atoms in total. The van der Waals surface area contributed by atoms with E-state index in [4.69, 9.17) is 11.2 Å². The highest BCUT2D eigenvalue weighted by molar-refractivity contribution is 8.18. The Morgan fingerprint density at radius 2 is 1.82 bits per heavy atom. The smallest absolute Gasteiger partial charge is 0.293 e. The van der Waals surface area contributed by atoms with Crippen LogP contribution in [0.3, 0.4) is 0 Å². The predicted octanol–water partition coefficient (Wildman–Crippen LogP) is 3.93. The number of benzene rings is 2. The van der Waals surface area contributed by atoms with Gasteiger partial charge >= 0.3 is 0 Å². The summed E-state index contributed by atoms with van der Waals surface area (Å²) in [5, 5.41) is -0.453. The molecule has 0 atom stereocenters. The van der Waals surface area contributed by atoms with E-state index in [0.29, 0.717) is 11.3 Å². The van der Waals surface area contributed by atoms with Crippen LogP contribution in [0.4, 0.5) is 4.79 Å². The second-order valence-electron chi connectivity index (χ2n) is 6.12. The van der Waals surface area contributed by atoms with Crippen LogP contribution in [-0.4, -0.2) is 35.0 Å². The maximum Gasteiger partial charge on any atom is 0.293 e. The minimum Gasteiger partial charge on any atom is -0.481 e. The number of carbonyl (C=O) groups is 3. The topological polar surface area (TPSA) is 63.7 Å². The van der Waals surface area contributed by atoms with E-state index in [1.165, 1.54) is 0 Å². The van der Waals surface area contributed by atoms with Crippen molar-refractivity contribution in [3.8, 4) is 18.1 Å². The molecule has 1 aliphatic rings. The van der Waals surface area contributed by atoms with Gasteiger partial charge in [0.15, 0.2) is 5.78 Å². The van der Waals surface area contributed by atoms with E-state index in [-0.39, 0.29) is 23.8 Å². The molecule has 2 aromatic rings. The summed E-state index contributed by atoms with van der Waals surface area (Å²) in [6, 6.07) is 14.0. The summed E-state index contributed by atoms with van der Waals surface area (Å²) in [5.41, 5.74) is 2.24. The van der Waals surface area contributed by atoms with Crippen molar-refractivity contribution in [2.24, 2.45) is 0 Å². The lowest BCUT2D eigenvalue weighted by atomic mass is 10.1. The Labute approximate surface area is 167 Å². The van der Waals surface area contributed by atoms with E-state index in [9.17, 15) is 14.4 Å². The van der Waals surface area contributed by atoms with E-state index in [1.807, 2.05) is 19.1 Å². The van der Waals surface area contributed by atoms with Gasteiger partial charge in [-0.3, -0.25) is 19.3 Å². The molecule has 28 heavy (non-hydrogen) atoms. The van der Waals surface area contributed by atoms with Crippen molar-refractivity contribution in [2.75, 3.05) is 13.2 Å². The summed E-state index contributed by atoms with van der Waals surface area (Å²) < 4.78 is 5.30. The lowest BCUT2D eigenvalue weighted by Crippen LogP contribution is -2.33. The third-order valence-electron chi connectivity index (χ3n) is 4.05. The first-order chi connectivity index (χ1) is 13.5. The normalized spacial score (nSPS) is 15.0. The van der Waals surface area contributed by atoms with Gasteiger partial charge in [-0.05, 0) is 42.5 Å². The second-order valence-corrected chi connectivity index (χ2v) is 7.11. The van der Waals surface area contributed by atoms with Gasteiger partial charge in [-0.15, -0.1) is 6.42 Å². The van der Waals surface area contributed by atoms with E-state index >= 15 is 0 Å². The van der Waals surface area contributed by atoms with E-state index in [1.54, 1.807) is 42.5 Å². The van der Waals surface area contributed by atoms with Crippen molar-refractivity contribution in [1.82, 2.24) is 4.90 Å². The summed E-state index contributed by atoms with van der Waals surface area (Å²) in [7, 11) is 0. The van der Waals surface area contributed by atoms with Gasteiger partial charge in [-0.25, -0.2) is 0 Å². The van der Waals surface area contributed by atoms with Gasteiger partial charge in [0.05, 0.1) is 11.4 Å². The largest absolute Gasteiger partial charge is 0.481 e. The molecule has 0 aliphatic carbocycles. The quantitative estimate of drug-likeness (QED) is 0.424. The van der Waals surface area contributed by atoms with E-state index < -0.39 is 11.1 Å². The first kappa shape index (κ1) is 19.5. The van der Waals surface area contributed by atoms with Crippen LogP contribution < -0.4 is 4.74 Å². The van der Waals surface area contributed by atoms with E-state index in [0.717, 1.165) is 27.8 Å². The van der Waals surface area contributed by atoms with Crippen LogP contribution in [-0.2, 0) is 4.79 Å². The fourth-order valence-corrected chi connectivity index (χ4v) is 3.39. The Morgan fingerprint density at radius 1 is 1.14 bits per heavy atom. The number of thioether (sulfide) groups is 1. The Balaban J connectivity index is 1.70. The van der Waals surface area contributed by atoms with Gasteiger partial charge in [-0.2, -0.15) is 0 Å². The van der Waals surface area contributed by atoms with Crippen molar-refractivity contribution >= 4 is 34.8 Å². The maximum atomic E-state index is 12.6. The summed E-state index contributed by atoms with van der Waals surface area (Å²) in [6.45, 7) is 1.82. The van der Waals surface area contributed by atoms with Crippen LogP contribution in [0.2, 0.25) is 0 Å². The van der Waals surface area contributed by atoms with Crippen LogP contribution >= 0.6 is 11.8 Å². The van der Waals surface area contributed by atoms with Crippen LogP contribution in [0.5, 0.6) is 5.75 Å². The molecule has 1 aliphatic heterocycles. The van der Waals surface area contributed by atoms with Crippen molar-refractivity contribution in [2.45, 2.75) is 6.92 Å². The Kier molecular flexibility index (Phi) is 5.97. The van der Waals surface area contributed by atoms with Crippen molar-refractivity contribution in [3.63, 3.8) is 0 Å². The number of rotatable bonds is 6. The van der Waals surface area contributed by atoms with Crippen molar-refractivity contribution in [1.29, 1.82) is 0 Å². The fourth-order valence-electron chi connectivity index (χ4n) is 2.55. The summed E-state index contributed by atoms with van der Waals surface area (Å²) in [6.07, 6.45) is 6.77. The standard InChI is InChI=1S/C22H17NO4S/c1-3-12-27-18-10-6-16(7-11-18)13-20-21(25)23(22(26)28-20)14-19(24)17-8-4-15(2)5-9-17/h1,4-11,13H,12,14H2,2H3. The maximum absolute atomic E-state index is 12.6. The molecule has 0 unspecified atom stereocenters. The average Bonchev–Trinajstić information content (AvgIpc) is 2.95. The minimum atomic E-state index is -0.469.